The van der Waals surface area contributed by atoms with E-state index in [1.54, 1.807) is 0 Å². The first-order valence-electron chi connectivity index (χ1n) is 9.49. The molecule has 2 aliphatic rings. The number of rotatable bonds is 3. The molecule has 0 bridgehead atoms. The number of benzene rings is 1. The van der Waals surface area contributed by atoms with Gasteiger partial charge in [-0.15, -0.1) is 0 Å². The molecule has 0 aliphatic carbocycles. The highest BCUT2D eigenvalue weighted by Gasteiger charge is 2.21. The second kappa shape index (κ2) is 7.64. The van der Waals surface area contributed by atoms with Gasteiger partial charge in [0.25, 0.3) is 0 Å². The topological polar surface area (TPSA) is 60.6 Å². The predicted octanol–water partition coefficient (Wildman–Crippen LogP) is 3.37. The molecule has 5 heteroatoms. The number of pyridine rings is 1. The molecule has 2 N–H and O–H groups in total. The van der Waals surface area contributed by atoms with Crippen LogP contribution in [0, 0.1) is 6.92 Å². The second-order valence-electron chi connectivity index (χ2n) is 7.20. The van der Waals surface area contributed by atoms with Crippen LogP contribution in [0.25, 0.3) is 11.1 Å². The van der Waals surface area contributed by atoms with Gasteiger partial charge in [-0.1, -0.05) is 6.07 Å². The Labute approximate surface area is 155 Å². The SMILES string of the molecule is Cc1ccc(N)cc1-c1cc(C2CCOCC2)nc(N2CCOCC2)c1. The van der Waals surface area contributed by atoms with Crippen LogP contribution in [0.2, 0.25) is 0 Å². The Morgan fingerprint density at radius 2 is 1.73 bits per heavy atom. The summed E-state index contributed by atoms with van der Waals surface area (Å²) >= 11 is 0. The van der Waals surface area contributed by atoms with Gasteiger partial charge in [0, 0.05) is 43.6 Å². The van der Waals surface area contributed by atoms with Gasteiger partial charge in [-0.25, -0.2) is 4.98 Å². The molecule has 26 heavy (non-hydrogen) atoms. The van der Waals surface area contributed by atoms with Gasteiger partial charge in [0.05, 0.1) is 13.2 Å². The van der Waals surface area contributed by atoms with E-state index in [0.717, 1.165) is 63.9 Å². The van der Waals surface area contributed by atoms with Gasteiger partial charge in [0.1, 0.15) is 5.82 Å². The van der Waals surface area contributed by atoms with Crippen LogP contribution in [0.4, 0.5) is 11.5 Å². The van der Waals surface area contributed by atoms with E-state index in [-0.39, 0.29) is 0 Å². The molecule has 2 saturated heterocycles. The minimum Gasteiger partial charge on any atom is -0.399 e. The number of aromatic nitrogens is 1. The molecule has 4 rings (SSSR count). The maximum absolute atomic E-state index is 6.07. The highest BCUT2D eigenvalue weighted by Crippen LogP contribution is 2.34. The highest BCUT2D eigenvalue weighted by atomic mass is 16.5. The van der Waals surface area contributed by atoms with Crippen molar-refractivity contribution in [1.82, 2.24) is 4.98 Å². The van der Waals surface area contributed by atoms with E-state index >= 15 is 0 Å². The molecule has 0 spiro atoms. The van der Waals surface area contributed by atoms with Gasteiger partial charge in [-0.3, -0.25) is 0 Å². The number of hydrogen-bond donors (Lipinski definition) is 1. The Balaban J connectivity index is 1.77. The third-order valence-corrected chi connectivity index (χ3v) is 5.38. The first-order chi connectivity index (χ1) is 12.7. The summed E-state index contributed by atoms with van der Waals surface area (Å²) in [5.74, 6) is 1.51. The number of nitrogens with two attached hydrogens (primary N) is 1. The molecule has 5 nitrogen and oxygen atoms in total. The lowest BCUT2D eigenvalue weighted by atomic mass is 9.92. The summed E-state index contributed by atoms with van der Waals surface area (Å²) in [6.45, 7) is 7.07. The van der Waals surface area contributed by atoms with E-state index in [1.165, 1.54) is 22.4 Å². The fraction of sp³-hybridized carbons (Fsp3) is 0.476. The van der Waals surface area contributed by atoms with Crippen LogP contribution in [-0.2, 0) is 9.47 Å². The monoisotopic (exact) mass is 353 g/mol. The molecule has 2 fully saturated rings. The first-order valence-corrected chi connectivity index (χ1v) is 9.49. The van der Waals surface area contributed by atoms with Gasteiger partial charge >= 0.3 is 0 Å². The van der Waals surface area contributed by atoms with Crippen molar-refractivity contribution in [2.75, 3.05) is 50.2 Å². The molecule has 0 amide bonds. The van der Waals surface area contributed by atoms with Gasteiger partial charge in [-0.05, 0) is 60.7 Å². The van der Waals surface area contributed by atoms with E-state index in [1.807, 2.05) is 6.07 Å². The van der Waals surface area contributed by atoms with Crippen molar-refractivity contribution in [2.45, 2.75) is 25.7 Å². The van der Waals surface area contributed by atoms with Crippen LogP contribution in [0.5, 0.6) is 0 Å². The summed E-state index contributed by atoms with van der Waals surface area (Å²) in [6.07, 6.45) is 2.07. The zero-order valence-corrected chi connectivity index (χ0v) is 15.4. The van der Waals surface area contributed by atoms with Crippen LogP contribution in [-0.4, -0.2) is 44.5 Å². The summed E-state index contributed by atoms with van der Waals surface area (Å²) in [5, 5.41) is 0. The van der Waals surface area contributed by atoms with Gasteiger partial charge in [0.15, 0.2) is 0 Å². The fourth-order valence-electron chi connectivity index (χ4n) is 3.80. The van der Waals surface area contributed by atoms with E-state index in [0.29, 0.717) is 5.92 Å². The van der Waals surface area contributed by atoms with Crippen LogP contribution in [0.15, 0.2) is 30.3 Å². The smallest absolute Gasteiger partial charge is 0.129 e. The third-order valence-electron chi connectivity index (χ3n) is 5.38. The number of aryl methyl sites for hydroxylation is 1. The largest absolute Gasteiger partial charge is 0.399 e. The number of nitrogens with zero attached hydrogens (tertiary/aromatic N) is 2. The molecule has 0 radical (unpaired) electrons. The predicted molar refractivity (Wildman–Crippen MR) is 105 cm³/mol. The van der Waals surface area contributed by atoms with Crippen molar-refractivity contribution in [2.24, 2.45) is 0 Å². The average Bonchev–Trinajstić information content (AvgIpc) is 2.71. The van der Waals surface area contributed by atoms with Crippen molar-refractivity contribution in [3.63, 3.8) is 0 Å². The van der Waals surface area contributed by atoms with E-state index in [2.05, 4.69) is 36.1 Å². The Bertz CT molecular complexity index is 730. The maximum atomic E-state index is 6.07. The lowest BCUT2D eigenvalue weighted by molar-refractivity contribution is 0.0845. The zero-order valence-electron chi connectivity index (χ0n) is 15.4. The summed E-state index contributed by atoms with van der Waals surface area (Å²) in [5.41, 5.74) is 11.7. The Morgan fingerprint density at radius 3 is 2.50 bits per heavy atom. The molecule has 2 aromatic rings. The molecule has 0 unspecified atom stereocenters. The lowest BCUT2D eigenvalue weighted by Gasteiger charge is -2.30. The highest BCUT2D eigenvalue weighted by molar-refractivity contribution is 5.73. The Hall–Kier alpha value is -2.11. The lowest BCUT2D eigenvalue weighted by Crippen LogP contribution is -2.37. The zero-order chi connectivity index (χ0) is 17.9. The van der Waals surface area contributed by atoms with Gasteiger partial charge in [0.2, 0.25) is 0 Å². The minimum atomic E-state index is 0.463. The van der Waals surface area contributed by atoms with Crippen molar-refractivity contribution in [3.8, 4) is 11.1 Å². The Kier molecular flexibility index (Phi) is 5.09. The third kappa shape index (κ3) is 3.69. The molecule has 2 aliphatic heterocycles. The van der Waals surface area contributed by atoms with E-state index in [9.17, 15) is 0 Å². The average molecular weight is 353 g/mol. The van der Waals surface area contributed by atoms with Crippen LogP contribution >= 0.6 is 0 Å². The molecule has 138 valence electrons. The molecule has 3 heterocycles. The summed E-state index contributed by atoms with van der Waals surface area (Å²) in [6, 6.07) is 10.6. The molecular formula is C21H27N3O2. The quantitative estimate of drug-likeness (QED) is 0.857. The van der Waals surface area contributed by atoms with Gasteiger partial charge < -0.3 is 20.1 Å². The number of nitrogen functional groups attached to an aromatic ring is 1. The standard InChI is InChI=1S/C21H27N3O2/c1-15-2-3-18(22)14-19(15)17-12-20(16-4-8-25-9-5-16)23-21(13-17)24-6-10-26-11-7-24/h2-3,12-14,16H,4-11,22H2,1H3. The van der Waals surface area contributed by atoms with E-state index in [4.69, 9.17) is 20.2 Å². The fourth-order valence-corrected chi connectivity index (χ4v) is 3.80. The van der Waals surface area contributed by atoms with Crippen molar-refractivity contribution >= 4 is 11.5 Å². The minimum absolute atomic E-state index is 0.463. The Morgan fingerprint density at radius 1 is 1.00 bits per heavy atom. The second-order valence-corrected chi connectivity index (χ2v) is 7.20. The van der Waals surface area contributed by atoms with Crippen molar-refractivity contribution < 1.29 is 9.47 Å². The van der Waals surface area contributed by atoms with Crippen LogP contribution < -0.4 is 10.6 Å². The molecule has 0 saturated carbocycles. The van der Waals surface area contributed by atoms with Crippen LogP contribution in [0.3, 0.4) is 0 Å². The van der Waals surface area contributed by atoms with E-state index < -0.39 is 0 Å². The number of hydrogen-bond acceptors (Lipinski definition) is 5. The summed E-state index contributed by atoms with van der Waals surface area (Å²) in [4.78, 5) is 7.37. The summed E-state index contributed by atoms with van der Waals surface area (Å²) < 4.78 is 11.1. The molecule has 0 atom stereocenters. The summed E-state index contributed by atoms with van der Waals surface area (Å²) in [7, 11) is 0. The number of morpholine rings is 1. The van der Waals surface area contributed by atoms with Crippen molar-refractivity contribution in [1.29, 1.82) is 0 Å². The van der Waals surface area contributed by atoms with Crippen LogP contribution in [0.1, 0.15) is 30.0 Å². The first kappa shape index (κ1) is 17.3. The maximum Gasteiger partial charge on any atom is 0.129 e. The number of ether oxygens (including phenoxy) is 2. The van der Waals surface area contributed by atoms with Gasteiger partial charge in [-0.2, -0.15) is 0 Å². The number of anilines is 2. The van der Waals surface area contributed by atoms with Crippen molar-refractivity contribution in [3.05, 3.63) is 41.6 Å². The molecule has 1 aromatic carbocycles. The molecule has 1 aromatic heterocycles. The normalized spacial score (nSPS) is 18.9. The molecular weight excluding hydrogens is 326 g/mol.